The Balaban J connectivity index is 1.85. The number of rotatable bonds is 6. The van der Waals surface area contributed by atoms with E-state index in [0.29, 0.717) is 49.8 Å². The fourth-order valence-electron chi connectivity index (χ4n) is 4.19. The Morgan fingerprint density at radius 1 is 1.36 bits per heavy atom. The highest BCUT2D eigenvalue weighted by Crippen LogP contribution is 2.46. The number of hydrogen-bond acceptors (Lipinski definition) is 5. The number of carbonyl (C=O) groups excluding carboxylic acids is 2. The van der Waals surface area contributed by atoms with E-state index in [1.54, 1.807) is 23.3 Å². The number of piperidine rings is 2. The van der Waals surface area contributed by atoms with Gasteiger partial charge in [0.2, 0.25) is 5.91 Å². The summed E-state index contributed by atoms with van der Waals surface area (Å²) in [5.74, 6) is -3.52. The Hall–Kier alpha value is -1.74. The molecule has 2 amide bonds. The molecule has 2 saturated heterocycles. The third-order valence-electron chi connectivity index (χ3n) is 5.31. The summed E-state index contributed by atoms with van der Waals surface area (Å²) in [7, 11) is 1.54. The number of ether oxygens (including phenoxy) is 2. The maximum Gasteiger partial charge on any atom is 0.267 e. The summed E-state index contributed by atoms with van der Waals surface area (Å²) in [6.45, 7) is 2.76. The van der Waals surface area contributed by atoms with Crippen molar-refractivity contribution in [2.45, 2.75) is 32.1 Å². The third-order valence-corrected chi connectivity index (χ3v) is 6.20. The molecule has 156 valence electrons. The average Bonchev–Trinajstić information content (AvgIpc) is 3.10. The quantitative estimate of drug-likeness (QED) is 0.716. The second-order valence-electron chi connectivity index (χ2n) is 7.41. The summed E-state index contributed by atoms with van der Waals surface area (Å²) in [6, 6.07) is 1.66. The lowest BCUT2D eigenvalue weighted by molar-refractivity contribution is -0.166. The van der Waals surface area contributed by atoms with Crippen LogP contribution in [0.5, 0.6) is 5.75 Å². The van der Waals surface area contributed by atoms with Crippen molar-refractivity contribution in [1.82, 2.24) is 9.80 Å². The van der Waals surface area contributed by atoms with E-state index in [9.17, 15) is 18.4 Å². The lowest BCUT2D eigenvalue weighted by Gasteiger charge is -2.49. The van der Waals surface area contributed by atoms with Crippen LogP contribution in [-0.2, 0) is 9.53 Å². The summed E-state index contributed by atoms with van der Waals surface area (Å²) < 4.78 is 39.8. The molecule has 0 N–H and O–H groups in total. The van der Waals surface area contributed by atoms with Crippen molar-refractivity contribution in [3.05, 3.63) is 16.3 Å². The highest BCUT2D eigenvalue weighted by Gasteiger charge is 2.56. The number of amides is 2. The highest BCUT2D eigenvalue weighted by atomic mass is 32.1. The molecule has 0 unspecified atom stereocenters. The molecule has 2 fully saturated rings. The van der Waals surface area contributed by atoms with Gasteiger partial charge >= 0.3 is 0 Å². The van der Waals surface area contributed by atoms with Crippen LogP contribution in [0.4, 0.5) is 8.78 Å². The van der Waals surface area contributed by atoms with Gasteiger partial charge in [-0.2, -0.15) is 0 Å². The van der Waals surface area contributed by atoms with E-state index in [2.05, 4.69) is 0 Å². The molecule has 1 spiro atoms. The SMILES string of the molecule is CCOc1ccsc1C(=O)N1CC(F)(F)C[C@@]2(CCCN(CCOC)C2=O)C1. The molecular weight excluding hydrogens is 390 g/mol. The summed E-state index contributed by atoms with van der Waals surface area (Å²) in [5, 5.41) is 1.70. The number of halogens is 2. The van der Waals surface area contributed by atoms with Gasteiger partial charge in [-0.25, -0.2) is 8.78 Å². The summed E-state index contributed by atoms with van der Waals surface area (Å²) in [5.41, 5.74) is -1.24. The second-order valence-corrected chi connectivity index (χ2v) is 8.33. The molecule has 0 radical (unpaired) electrons. The molecule has 2 aliphatic rings. The molecule has 28 heavy (non-hydrogen) atoms. The lowest BCUT2D eigenvalue weighted by Crippen LogP contribution is -2.62. The van der Waals surface area contributed by atoms with Gasteiger partial charge in [-0.05, 0) is 31.2 Å². The molecule has 0 saturated carbocycles. The fraction of sp³-hybridized carbons (Fsp3) is 0.684. The minimum Gasteiger partial charge on any atom is -0.492 e. The van der Waals surface area contributed by atoms with Crippen LogP contribution in [0.15, 0.2) is 11.4 Å². The molecule has 0 bridgehead atoms. The topological polar surface area (TPSA) is 59.1 Å². The Morgan fingerprint density at radius 2 is 2.14 bits per heavy atom. The van der Waals surface area contributed by atoms with E-state index in [1.165, 1.54) is 18.4 Å². The van der Waals surface area contributed by atoms with Crippen LogP contribution in [-0.4, -0.2) is 74.0 Å². The molecule has 1 atom stereocenters. The maximum absolute atomic E-state index is 14.7. The lowest BCUT2D eigenvalue weighted by atomic mass is 9.71. The number of hydrogen-bond donors (Lipinski definition) is 0. The van der Waals surface area contributed by atoms with Crippen molar-refractivity contribution >= 4 is 23.2 Å². The Bertz CT molecular complexity index is 727. The molecule has 0 aromatic carbocycles. The van der Waals surface area contributed by atoms with Crippen LogP contribution in [0.1, 0.15) is 35.9 Å². The predicted molar refractivity (Wildman–Crippen MR) is 101 cm³/mol. The number of nitrogens with zero attached hydrogens (tertiary/aromatic N) is 2. The smallest absolute Gasteiger partial charge is 0.267 e. The van der Waals surface area contributed by atoms with Gasteiger partial charge in [-0.15, -0.1) is 11.3 Å². The van der Waals surface area contributed by atoms with Crippen LogP contribution in [0.3, 0.4) is 0 Å². The average molecular weight is 416 g/mol. The minimum atomic E-state index is -3.11. The van der Waals surface area contributed by atoms with Crippen LogP contribution in [0.2, 0.25) is 0 Å². The van der Waals surface area contributed by atoms with Gasteiger partial charge in [-0.3, -0.25) is 9.59 Å². The molecule has 3 heterocycles. The van der Waals surface area contributed by atoms with E-state index in [0.717, 1.165) is 4.90 Å². The minimum absolute atomic E-state index is 0.00715. The number of thiophene rings is 1. The third kappa shape index (κ3) is 4.15. The standard InChI is InChI=1S/C19H26F2N2O4S/c1-3-27-14-5-10-28-15(14)16(24)23-12-18(11-19(20,21)13-23)6-4-7-22(17(18)25)8-9-26-2/h5,10H,3-4,6-9,11-13H2,1-2H3/t18-/m0/s1. The van der Waals surface area contributed by atoms with Crippen molar-refractivity contribution in [2.75, 3.05) is 46.5 Å². The molecule has 2 aliphatic heterocycles. The van der Waals surface area contributed by atoms with Crippen molar-refractivity contribution in [3.8, 4) is 5.75 Å². The number of carbonyl (C=O) groups is 2. The van der Waals surface area contributed by atoms with Gasteiger partial charge in [0, 0.05) is 33.2 Å². The van der Waals surface area contributed by atoms with E-state index < -0.39 is 30.2 Å². The zero-order chi connectivity index (χ0) is 20.4. The van der Waals surface area contributed by atoms with Gasteiger partial charge in [0.25, 0.3) is 11.8 Å². The molecule has 0 aliphatic carbocycles. The van der Waals surface area contributed by atoms with Crippen LogP contribution in [0, 0.1) is 5.41 Å². The molecule has 1 aromatic rings. The van der Waals surface area contributed by atoms with E-state index in [-0.39, 0.29) is 12.5 Å². The molecule has 1 aromatic heterocycles. The maximum atomic E-state index is 14.7. The van der Waals surface area contributed by atoms with Gasteiger partial charge < -0.3 is 19.3 Å². The van der Waals surface area contributed by atoms with Crippen LogP contribution >= 0.6 is 11.3 Å². The van der Waals surface area contributed by atoms with Gasteiger partial charge in [-0.1, -0.05) is 0 Å². The largest absolute Gasteiger partial charge is 0.492 e. The van der Waals surface area contributed by atoms with Crippen molar-refractivity contribution < 1.29 is 27.8 Å². The summed E-state index contributed by atoms with van der Waals surface area (Å²) >= 11 is 1.17. The molecule has 6 nitrogen and oxygen atoms in total. The first-order chi connectivity index (χ1) is 13.3. The monoisotopic (exact) mass is 416 g/mol. The first kappa shape index (κ1) is 21.0. The Labute approximate surface area is 167 Å². The first-order valence-electron chi connectivity index (χ1n) is 9.47. The second kappa shape index (κ2) is 8.32. The summed E-state index contributed by atoms with van der Waals surface area (Å²) in [6.07, 6.45) is 0.475. The number of methoxy groups -OCH3 is 1. The zero-order valence-corrected chi connectivity index (χ0v) is 17.0. The molecule has 9 heteroatoms. The fourth-order valence-corrected chi connectivity index (χ4v) is 5.00. The number of alkyl halides is 2. The van der Waals surface area contributed by atoms with Gasteiger partial charge in [0.05, 0.1) is 25.2 Å². The Morgan fingerprint density at radius 3 is 2.86 bits per heavy atom. The first-order valence-corrected chi connectivity index (χ1v) is 10.4. The van der Waals surface area contributed by atoms with Crippen molar-refractivity contribution in [3.63, 3.8) is 0 Å². The van der Waals surface area contributed by atoms with E-state index in [4.69, 9.17) is 9.47 Å². The zero-order valence-electron chi connectivity index (χ0n) is 16.2. The molecule has 3 rings (SSSR count). The predicted octanol–water partition coefficient (Wildman–Crippen LogP) is 2.88. The van der Waals surface area contributed by atoms with E-state index >= 15 is 0 Å². The van der Waals surface area contributed by atoms with E-state index in [1.807, 2.05) is 0 Å². The summed E-state index contributed by atoms with van der Waals surface area (Å²) in [4.78, 5) is 29.1. The number of likely N-dealkylation sites (tertiary alicyclic amines) is 2. The van der Waals surface area contributed by atoms with Crippen molar-refractivity contribution in [1.29, 1.82) is 0 Å². The normalized spacial score (nSPS) is 24.6. The Kier molecular flexibility index (Phi) is 6.24. The van der Waals surface area contributed by atoms with Gasteiger partial charge in [0.1, 0.15) is 10.6 Å². The van der Waals surface area contributed by atoms with Crippen LogP contribution in [0.25, 0.3) is 0 Å². The van der Waals surface area contributed by atoms with Gasteiger partial charge in [0.15, 0.2) is 0 Å². The molecular formula is C19H26F2N2O4S. The highest BCUT2D eigenvalue weighted by molar-refractivity contribution is 7.12. The van der Waals surface area contributed by atoms with Crippen molar-refractivity contribution in [2.24, 2.45) is 5.41 Å². The van der Waals surface area contributed by atoms with Crippen LogP contribution < -0.4 is 4.74 Å².